The maximum atomic E-state index is 6.32. The topological polar surface area (TPSA) is 16.1 Å². The first-order chi connectivity index (χ1) is 12.3. The van der Waals surface area contributed by atoms with Crippen molar-refractivity contribution < 1.29 is 0 Å². The minimum absolute atomic E-state index is 0.653. The summed E-state index contributed by atoms with van der Waals surface area (Å²) in [5, 5.41) is 1.88. The number of thioether (sulfide) groups is 1. The second-order valence-corrected chi connectivity index (χ2v) is 7.79. The molecule has 0 atom stereocenters. The van der Waals surface area contributed by atoms with Crippen LogP contribution < -0.4 is 4.90 Å². The SMILES string of the molecule is CSc1cccc(C2CCN(c3ccnc4c(Cl)cccc34)CC2)c1. The summed E-state index contributed by atoms with van der Waals surface area (Å²) < 4.78 is 0. The van der Waals surface area contributed by atoms with E-state index in [1.54, 1.807) is 0 Å². The van der Waals surface area contributed by atoms with Crippen LogP contribution in [0.3, 0.4) is 0 Å². The van der Waals surface area contributed by atoms with Crippen molar-refractivity contribution in [2.45, 2.75) is 23.7 Å². The lowest BCUT2D eigenvalue weighted by Gasteiger charge is -2.34. The molecule has 0 amide bonds. The van der Waals surface area contributed by atoms with Gasteiger partial charge >= 0.3 is 0 Å². The van der Waals surface area contributed by atoms with E-state index in [1.165, 1.54) is 29.0 Å². The number of anilines is 1. The number of hydrogen-bond donors (Lipinski definition) is 0. The van der Waals surface area contributed by atoms with Crippen LogP contribution in [-0.2, 0) is 0 Å². The van der Waals surface area contributed by atoms with Crippen molar-refractivity contribution in [2.75, 3.05) is 24.2 Å². The normalized spacial score (nSPS) is 15.7. The molecule has 0 unspecified atom stereocenters. The Balaban J connectivity index is 1.55. The van der Waals surface area contributed by atoms with Gasteiger partial charge in [-0.05, 0) is 54.8 Å². The smallest absolute Gasteiger partial charge is 0.0908 e. The molecular formula is C21H21ClN2S. The summed E-state index contributed by atoms with van der Waals surface area (Å²) in [5.41, 5.74) is 3.63. The summed E-state index contributed by atoms with van der Waals surface area (Å²) in [5.74, 6) is 0.653. The number of para-hydroxylation sites is 1. The molecule has 1 aliphatic rings. The first-order valence-corrected chi connectivity index (χ1v) is 10.3. The summed E-state index contributed by atoms with van der Waals surface area (Å²) in [4.78, 5) is 8.29. The highest BCUT2D eigenvalue weighted by molar-refractivity contribution is 7.98. The summed E-state index contributed by atoms with van der Waals surface area (Å²) >= 11 is 8.13. The summed E-state index contributed by atoms with van der Waals surface area (Å²) in [6, 6.07) is 17.2. The molecule has 2 nitrogen and oxygen atoms in total. The number of halogens is 1. The third kappa shape index (κ3) is 3.36. The molecule has 1 aliphatic heterocycles. The van der Waals surface area contributed by atoms with Gasteiger partial charge in [-0.25, -0.2) is 0 Å². The molecule has 4 heteroatoms. The fourth-order valence-corrected chi connectivity index (χ4v) is 4.44. The maximum absolute atomic E-state index is 6.32. The highest BCUT2D eigenvalue weighted by atomic mass is 35.5. The molecule has 1 aromatic heterocycles. The average Bonchev–Trinajstić information content (AvgIpc) is 2.68. The van der Waals surface area contributed by atoms with Crippen molar-refractivity contribution in [2.24, 2.45) is 0 Å². The van der Waals surface area contributed by atoms with Gasteiger partial charge in [0.15, 0.2) is 0 Å². The maximum Gasteiger partial charge on any atom is 0.0908 e. The molecule has 3 aromatic rings. The molecule has 2 aromatic carbocycles. The third-order valence-corrected chi connectivity index (χ3v) is 6.13. The largest absolute Gasteiger partial charge is 0.371 e. The molecule has 4 rings (SSSR count). The van der Waals surface area contributed by atoms with E-state index in [4.69, 9.17) is 11.6 Å². The van der Waals surface area contributed by atoms with Gasteiger partial charge in [0.1, 0.15) is 0 Å². The van der Waals surface area contributed by atoms with Crippen LogP contribution in [0, 0.1) is 0 Å². The lowest BCUT2D eigenvalue weighted by Crippen LogP contribution is -2.33. The van der Waals surface area contributed by atoms with Crippen LogP contribution in [0.15, 0.2) is 59.6 Å². The van der Waals surface area contributed by atoms with Gasteiger partial charge in [0.25, 0.3) is 0 Å². The van der Waals surface area contributed by atoms with Crippen molar-refractivity contribution in [3.63, 3.8) is 0 Å². The number of hydrogen-bond acceptors (Lipinski definition) is 3. The van der Waals surface area contributed by atoms with E-state index < -0.39 is 0 Å². The zero-order valence-corrected chi connectivity index (χ0v) is 15.9. The number of aromatic nitrogens is 1. The average molecular weight is 369 g/mol. The van der Waals surface area contributed by atoms with Crippen LogP contribution in [0.1, 0.15) is 24.3 Å². The number of piperidine rings is 1. The zero-order valence-electron chi connectivity index (χ0n) is 14.3. The Morgan fingerprint density at radius 2 is 1.88 bits per heavy atom. The molecule has 128 valence electrons. The molecular weight excluding hydrogens is 348 g/mol. The Labute approximate surface area is 158 Å². The number of fused-ring (bicyclic) bond motifs is 1. The van der Waals surface area contributed by atoms with Crippen LogP contribution >= 0.6 is 23.4 Å². The highest BCUT2D eigenvalue weighted by Gasteiger charge is 2.22. The van der Waals surface area contributed by atoms with Gasteiger partial charge < -0.3 is 4.90 Å². The van der Waals surface area contributed by atoms with Crippen molar-refractivity contribution >= 4 is 40.0 Å². The Morgan fingerprint density at radius 1 is 1.08 bits per heavy atom. The van der Waals surface area contributed by atoms with Crippen LogP contribution in [0.2, 0.25) is 5.02 Å². The summed E-state index contributed by atoms with van der Waals surface area (Å²) in [6.07, 6.45) is 6.38. The quantitative estimate of drug-likeness (QED) is 0.528. The Bertz CT molecular complexity index is 888. The highest BCUT2D eigenvalue weighted by Crippen LogP contribution is 2.35. The fourth-order valence-electron chi connectivity index (χ4n) is 3.75. The van der Waals surface area contributed by atoms with Gasteiger partial charge in [0, 0.05) is 35.3 Å². The van der Waals surface area contributed by atoms with Gasteiger partial charge in [-0.3, -0.25) is 4.98 Å². The number of benzene rings is 2. The predicted molar refractivity (Wildman–Crippen MR) is 109 cm³/mol. The van der Waals surface area contributed by atoms with E-state index in [0.29, 0.717) is 5.92 Å². The van der Waals surface area contributed by atoms with E-state index in [1.807, 2.05) is 30.1 Å². The Morgan fingerprint density at radius 3 is 2.68 bits per heavy atom. The molecule has 0 saturated carbocycles. The van der Waals surface area contributed by atoms with E-state index in [0.717, 1.165) is 29.0 Å². The molecule has 2 heterocycles. The first-order valence-electron chi connectivity index (χ1n) is 8.68. The van der Waals surface area contributed by atoms with Crippen LogP contribution in [0.4, 0.5) is 5.69 Å². The van der Waals surface area contributed by atoms with Gasteiger partial charge in [-0.2, -0.15) is 0 Å². The monoisotopic (exact) mass is 368 g/mol. The summed E-state index contributed by atoms with van der Waals surface area (Å²) in [7, 11) is 0. The fraction of sp³-hybridized carbons (Fsp3) is 0.286. The molecule has 1 fully saturated rings. The van der Waals surface area contributed by atoms with Gasteiger partial charge in [0.2, 0.25) is 0 Å². The zero-order chi connectivity index (χ0) is 17.2. The van der Waals surface area contributed by atoms with E-state index in [9.17, 15) is 0 Å². The molecule has 0 N–H and O–H groups in total. The molecule has 0 spiro atoms. The van der Waals surface area contributed by atoms with Crippen molar-refractivity contribution in [1.82, 2.24) is 4.98 Å². The number of nitrogens with zero attached hydrogens (tertiary/aromatic N) is 2. The van der Waals surface area contributed by atoms with Crippen molar-refractivity contribution in [1.29, 1.82) is 0 Å². The minimum atomic E-state index is 0.653. The van der Waals surface area contributed by atoms with Gasteiger partial charge in [-0.15, -0.1) is 11.8 Å². The van der Waals surface area contributed by atoms with Gasteiger partial charge in [-0.1, -0.05) is 35.9 Å². The second-order valence-electron chi connectivity index (χ2n) is 6.50. The van der Waals surface area contributed by atoms with Gasteiger partial charge in [0.05, 0.1) is 10.5 Å². The molecule has 25 heavy (non-hydrogen) atoms. The summed E-state index contributed by atoms with van der Waals surface area (Å²) in [6.45, 7) is 2.14. The minimum Gasteiger partial charge on any atom is -0.371 e. The lowest BCUT2D eigenvalue weighted by atomic mass is 9.89. The molecule has 0 radical (unpaired) electrons. The molecule has 1 saturated heterocycles. The first kappa shape index (κ1) is 16.7. The molecule has 0 aliphatic carbocycles. The number of pyridine rings is 1. The number of rotatable bonds is 3. The third-order valence-electron chi connectivity index (χ3n) is 5.10. The van der Waals surface area contributed by atoms with Crippen molar-refractivity contribution in [3.05, 3.63) is 65.3 Å². The Kier molecular flexibility index (Phi) is 4.87. The predicted octanol–water partition coefficient (Wildman–Crippen LogP) is 5.99. The van der Waals surface area contributed by atoms with Crippen molar-refractivity contribution in [3.8, 4) is 0 Å². The van der Waals surface area contributed by atoms with Crippen LogP contribution in [-0.4, -0.2) is 24.3 Å². The Hall–Kier alpha value is -1.71. The second kappa shape index (κ2) is 7.27. The van der Waals surface area contributed by atoms with E-state index >= 15 is 0 Å². The standard InChI is InChI=1S/C21H21ClN2S/c1-25-17-5-2-4-16(14-17)15-9-12-24(13-10-15)20-8-11-23-21-18(20)6-3-7-19(21)22/h2-8,11,14-15H,9-10,12-13H2,1H3. The molecule has 0 bridgehead atoms. The van der Waals surface area contributed by atoms with Crippen LogP contribution in [0.25, 0.3) is 10.9 Å². The lowest BCUT2D eigenvalue weighted by molar-refractivity contribution is 0.505. The van der Waals surface area contributed by atoms with Crippen LogP contribution in [0.5, 0.6) is 0 Å². The van der Waals surface area contributed by atoms with E-state index in [-0.39, 0.29) is 0 Å². The van der Waals surface area contributed by atoms with E-state index in [2.05, 4.69) is 52.5 Å².